The molecule has 1 heterocycles. The first kappa shape index (κ1) is 15.6. The zero-order valence-corrected chi connectivity index (χ0v) is 14.4. The van der Waals surface area contributed by atoms with Gasteiger partial charge in [0.15, 0.2) is 11.5 Å². The fraction of sp³-hybridized carbons (Fsp3) is 0.125. The van der Waals surface area contributed by atoms with Crippen LogP contribution in [0.2, 0.25) is 0 Å². The van der Waals surface area contributed by atoms with Crippen molar-refractivity contribution in [1.82, 2.24) is 0 Å². The number of hydrogen-bond acceptors (Lipinski definition) is 4. The molecule has 0 spiro atoms. The standard InChI is InChI=1S/C16H13IN2O4/c1-10-2-4-12(7-13(10)17)19(8-20)16(21)18-11-3-5-14-15(6-11)23-9-22-14/h2-8H,9H2,1H3,(H,18,21). The summed E-state index contributed by atoms with van der Waals surface area (Å²) >= 11 is 2.16. The molecule has 0 saturated heterocycles. The summed E-state index contributed by atoms with van der Waals surface area (Å²) in [5.41, 5.74) is 2.11. The highest BCUT2D eigenvalue weighted by Gasteiger charge is 2.18. The Morgan fingerprint density at radius 1 is 1.22 bits per heavy atom. The van der Waals surface area contributed by atoms with E-state index in [0.29, 0.717) is 29.3 Å². The highest BCUT2D eigenvalue weighted by molar-refractivity contribution is 14.1. The van der Waals surface area contributed by atoms with Gasteiger partial charge >= 0.3 is 6.03 Å². The molecular weight excluding hydrogens is 411 g/mol. The molecule has 3 amide bonds. The van der Waals surface area contributed by atoms with Gasteiger partial charge in [0.2, 0.25) is 13.2 Å². The molecule has 0 saturated carbocycles. The van der Waals surface area contributed by atoms with E-state index in [1.165, 1.54) is 0 Å². The lowest BCUT2D eigenvalue weighted by Gasteiger charge is -2.17. The van der Waals surface area contributed by atoms with Crippen LogP contribution in [0.5, 0.6) is 11.5 Å². The largest absolute Gasteiger partial charge is 0.454 e. The Morgan fingerprint density at radius 3 is 2.74 bits per heavy atom. The summed E-state index contributed by atoms with van der Waals surface area (Å²) in [5.74, 6) is 1.19. The quantitative estimate of drug-likeness (QED) is 0.605. The zero-order valence-electron chi connectivity index (χ0n) is 12.2. The SMILES string of the molecule is Cc1ccc(N(C=O)C(=O)Nc2ccc3c(c2)OCO3)cc1I. The second-order valence-corrected chi connectivity index (χ2v) is 6.07. The Morgan fingerprint density at radius 2 is 2.00 bits per heavy atom. The minimum atomic E-state index is -0.543. The summed E-state index contributed by atoms with van der Waals surface area (Å²) < 4.78 is 11.5. The van der Waals surface area contributed by atoms with Crippen LogP contribution in [0.25, 0.3) is 0 Å². The molecule has 23 heavy (non-hydrogen) atoms. The van der Waals surface area contributed by atoms with Crippen molar-refractivity contribution in [2.45, 2.75) is 6.92 Å². The van der Waals surface area contributed by atoms with E-state index in [0.717, 1.165) is 14.0 Å². The average molecular weight is 424 g/mol. The molecule has 1 aliphatic rings. The topological polar surface area (TPSA) is 67.9 Å². The van der Waals surface area contributed by atoms with E-state index in [1.54, 1.807) is 30.3 Å². The van der Waals surface area contributed by atoms with E-state index < -0.39 is 6.03 Å². The molecule has 1 N–H and O–H groups in total. The van der Waals surface area contributed by atoms with E-state index in [-0.39, 0.29) is 6.79 Å². The van der Waals surface area contributed by atoms with Crippen molar-refractivity contribution < 1.29 is 19.1 Å². The molecule has 0 bridgehead atoms. The lowest BCUT2D eigenvalue weighted by atomic mass is 10.2. The number of anilines is 2. The lowest BCUT2D eigenvalue weighted by molar-refractivity contribution is -0.106. The molecule has 0 unspecified atom stereocenters. The van der Waals surface area contributed by atoms with Gasteiger partial charge in [-0.25, -0.2) is 9.69 Å². The number of carbonyl (C=O) groups excluding carboxylic acids is 2. The molecule has 2 aromatic rings. The van der Waals surface area contributed by atoms with Crippen LogP contribution in [-0.4, -0.2) is 19.2 Å². The normalized spacial score (nSPS) is 11.9. The van der Waals surface area contributed by atoms with Crippen LogP contribution in [0.4, 0.5) is 16.2 Å². The second kappa shape index (κ2) is 6.45. The van der Waals surface area contributed by atoms with Crippen LogP contribution in [0.1, 0.15) is 5.56 Å². The molecule has 0 aliphatic carbocycles. The van der Waals surface area contributed by atoms with Crippen LogP contribution in [0, 0.1) is 10.5 Å². The van der Waals surface area contributed by atoms with Crippen molar-refractivity contribution in [3.63, 3.8) is 0 Å². The summed E-state index contributed by atoms with van der Waals surface area (Å²) in [6, 6.07) is 9.88. The van der Waals surface area contributed by atoms with Crippen molar-refractivity contribution >= 4 is 46.4 Å². The van der Waals surface area contributed by atoms with Crippen LogP contribution >= 0.6 is 22.6 Å². The third-order valence-corrected chi connectivity index (χ3v) is 4.54. The maximum absolute atomic E-state index is 12.3. The average Bonchev–Trinajstić information content (AvgIpc) is 2.99. The molecule has 118 valence electrons. The minimum absolute atomic E-state index is 0.162. The van der Waals surface area contributed by atoms with Gasteiger partial charge < -0.3 is 14.8 Å². The number of nitrogens with zero attached hydrogens (tertiary/aromatic N) is 1. The van der Waals surface area contributed by atoms with Gasteiger partial charge in [-0.1, -0.05) is 6.07 Å². The van der Waals surface area contributed by atoms with Crippen molar-refractivity contribution in [3.05, 3.63) is 45.5 Å². The number of halogens is 1. The molecule has 7 heteroatoms. The monoisotopic (exact) mass is 424 g/mol. The van der Waals surface area contributed by atoms with Gasteiger partial charge in [-0.15, -0.1) is 0 Å². The predicted octanol–water partition coefficient (Wildman–Crippen LogP) is 3.52. The van der Waals surface area contributed by atoms with E-state index in [2.05, 4.69) is 27.9 Å². The molecule has 0 fully saturated rings. The van der Waals surface area contributed by atoms with Crippen LogP contribution in [0.15, 0.2) is 36.4 Å². The number of benzene rings is 2. The first-order valence-electron chi connectivity index (χ1n) is 6.80. The number of nitrogens with one attached hydrogen (secondary N) is 1. The van der Waals surface area contributed by atoms with Crippen molar-refractivity contribution in [1.29, 1.82) is 0 Å². The number of aryl methyl sites for hydroxylation is 1. The second-order valence-electron chi connectivity index (χ2n) is 4.91. The number of ether oxygens (including phenoxy) is 2. The molecule has 0 radical (unpaired) electrons. The summed E-state index contributed by atoms with van der Waals surface area (Å²) in [5, 5.41) is 2.67. The van der Waals surface area contributed by atoms with Crippen LogP contribution in [0.3, 0.4) is 0 Å². The summed E-state index contributed by atoms with van der Waals surface area (Å²) in [6.45, 7) is 2.12. The van der Waals surface area contributed by atoms with E-state index in [4.69, 9.17) is 9.47 Å². The van der Waals surface area contributed by atoms with Crippen LogP contribution < -0.4 is 19.7 Å². The summed E-state index contributed by atoms with van der Waals surface area (Å²) in [7, 11) is 0. The predicted molar refractivity (Wildman–Crippen MR) is 94.0 cm³/mol. The zero-order chi connectivity index (χ0) is 16.4. The Balaban J connectivity index is 1.80. The highest BCUT2D eigenvalue weighted by atomic mass is 127. The fourth-order valence-corrected chi connectivity index (χ4v) is 2.61. The molecule has 3 rings (SSSR count). The Bertz CT molecular complexity index is 779. The fourth-order valence-electron chi connectivity index (χ4n) is 2.12. The summed E-state index contributed by atoms with van der Waals surface area (Å²) in [6.07, 6.45) is 0.489. The summed E-state index contributed by atoms with van der Waals surface area (Å²) in [4.78, 5) is 24.7. The Kier molecular flexibility index (Phi) is 4.37. The molecular formula is C16H13IN2O4. The Hall–Kier alpha value is -2.29. The van der Waals surface area contributed by atoms with Gasteiger partial charge in [-0.2, -0.15) is 0 Å². The molecule has 0 atom stereocenters. The number of fused-ring (bicyclic) bond motifs is 1. The third-order valence-electron chi connectivity index (χ3n) is 3.38. The number of imide groups is 1. The van der Waals surface area contributed by atoms with E-state index >= 15 is 0 Å². The Labute approximate surface area is 146 Å². The van der Waals surface area contributed by atoms with Gasteiger partial charge in [0.25, 0.3) is 0 Å². The molecule has 6 nitrogen and oxygen atoms in total. The smallest absolute Gasteiger partial charge is 0.332 e. The van der Waals surface area contributed by atoms with Gasteiger partial charge in [0, 0.05) is 15.3 Å². The van der Waals surface area contributed by atoms with Crippen molar-refractivity contribution in [3.8, 4) is 11.5 Å². The highest BCUT2D eigenvalue weighted by Crippen LogP contribution is 2.34. The van der Waals surface area contributed by atoms with Gasteiger partial charge in [0.1, 0.15) is 0 Å². The molecule has 0 aromatic heterocycles. The first-order chi connectivity index (χ1) is 11.1. The molecule has 1 aliphatic heterocycles. The van der Waals surface area contributed by atoms with E-state index in [9.17, 15) is 9.59 Å². The maximum Gasteiger partial charge on any atom is 0.332 e. The van der Waals surface area contributed by atoms with Crippen molar-refractivity contribution in [2.75, 3.05) is 17.0 Å². The number of rotatable bonds is 3. The van der Waals surface area contributed by atoms with Gasteiger partial charge in [0.05, 0.1) is 5.69 Å². The maximum atomic E-state index is 12.3. The number of urea groups is 1. The minimum Gasteiger partial charge on any atom is -0.454 e. The van der Waals surface area contributed by atoms with E-state index in [1.807, 2.05) is 13.0 Å². The van der Waals surface area contributed by atoms with Gasteiger partial charge in [-0.3, -0.25) is 4.79 Å². The number of hydrogen-bond donors (Lipinski definition) is 1. The number of amides is 3. The number of carbonyl (C=O) groups is 2. The van der Waals surface area contributed by atoms with Gasteiger partial charge in [-0.05, 0) is 59.3 Å². The third kappa shape index (κ3) is 3.24. The lowest BCUT2D eigenvalue weighted by Crippen LogP contribution is -2.33. The van der Waals surface area contributed by atoms with Crippen molar-refractivity contribution in [2.24, 2.45) is 0 Å². The molecule has 2 aromatic carbocycles. The first-order valence-corrected chi connectivity index (χ1v) is 7.87. The van der Waals surface area contributed by atoms with Crippen LogP contribution in [-0.2, 0) is 4.79 Å².